The summed E-state index contributed by atoms with van der Waals surface area (Å²) in [5.74, 6) is -0.448. The molecule has 180 valence electrons. The van der Waals surface area contributed by atoms with E-state index in [-0.39, 0.29) is 30.2 Å². The van der Waals surface area contributed by atoms with Gasteiger partial charge in [-0.2, -0.15) is 4.31 Å². The standard InChI is InChI=1S/C22H29N3O6S2/c1-15(2)32(27,28)24-19-10-8-18(9-11-19)22(26)23-20-6-5-7-21(12-20)33(29,30)25-13-16(3)31-17(4)14-25/h5-12,15-17,24H,13-14H2,1-4H3,(H,23,26). The number of sulfonamides is 2. The smallest absolute Gasteiger partial charge is 0.255 e. The molecule has 33 heavy (non-hydrogen) atoms. The van der Waals surface area contributed by atoms with Crippen LogP contribution >= 0.6 is 0 Å². The lowest BCUT2D eigenvalue weighted by atomic mass is 10.2. The molecule has 1 aliphatic rings. The maximum absolute atomic E-state index is 13.1. The van der Waals surface area contributed by atoms with Crippen LogP contribution in [0.1, 0.15) is 38.1 Å². The van der Waals surface area contributed by atoms with E-state index in [1.54, 1.807) is 26.0 Å². The van der Waals surface area contributed by atoms with Crippen LogP contribution in [0.15, 0.2) is 53.4 Å². The van der Waals surface area contributed by atoms with Crippen molar-refractivity contribution in [3.05, 3.63) is 54.1 Å². The number of hydrogen-bond donors (Lipinski definition) is 2. The molecule has 9 nitrogen and oxygen atoms in total. The number of hydrogen-bond acceptors (Lipinski definition) is 6. The van der Waals surface area contributed by atoms with Crippen molar-refractivity contribution in [2.45, 2.75) is 50.0 Å². The number of rotatable bonds is 7. The van der Waals surface area contributed by atoms with Crippen molar-refractivity contribution >= 4 is 37.3 Å². The molecule has 1 heterocycles. The summed E-state index contributed by atoms with van der Waals surface area (Å²) in [5.41, 5.74) is 0.980. The molecule has 3 rings (SSSR count). The zero-order valence-corrected chi connectivity index (χ0v) is 20.6. The topological polar surface area (TPSA) is 122 Å². The third-order valence-corrected chi connectivity index (χ3v) is 8.73. The third kappa shape index (κ3) is 6.11. The van der Waals surface area contributed by atoms with Crippen LogP contribution in [0.25, 0.3) is 0 Å². The van der Waals surface area contributed by atoms with Crippen LogP contribution in [-0.2, 0) is 24.8 Å². The van der Waals surface area contributed by atoms with Crippen molar-refractivity contribution in [1.82, 2.24) is 4.31 Å². The summed E-state index contributed by atoms with van der Waals surface area (Å²) in [6, 6.07) is 12.1. The van der Waals surface area contributed by atoms with Crippen LogP contribution in [0.3, 0.4) is 0 Å². The van der Waals surface area contributed by atoms with E-state index in [1.165, 1.54) is 40.7 Å². The summed E-state index contributed by atoms with van der Waals surface area (Å²) in [6.07, 6.45) is -0.418. The van der Waals surface area contributed by atoms with Gasteiger partial charge in [0.1, 0.15) is 0 Å². The van der Waals surface area contributed by atoms with Crippen LogP contribution in [0.2, 0.25) is 0 Å². The lowest BCUT2D eigenvalue weighted by molar-refractivity contribution is -0.0440. The number of amides is 1. The zero-order chi connectivity index (χ0) is 24.4. The first-order chi connectivity index (χ1) is 15.4. The number of carbonyl (C=O) groups is 1. The Kier molecular flexibility index (Phi) is 7.47. The predicted molar refractivity (Wildman–Crippen MR) is 127 cm³/mol. The Bertz CT molecular complexity index is 1200. The molecule has 11 heteroatoms. The maximum Gasteiger partial charge on any atom is 0.255 e. The first-order valence-electron chi connectivity index (χ1n) is 10.6. The lowest BCUT2D eigenvalue weighted by Gasteiger charge is -2.34. The molecule has 2 aromatic carbocycles. The molecule has 0 saturated carbocycles. The Balaban J connectivity index is 1.73. The number of benzene rings is 2. The van der Waals surface area contributed by atoms with Crippen molar-refractivity contribution in [1.29, 1.82) is 0 Å². The molecule has 0 aliphatic carbocycles. The van der Waals surface area contributed by atoms with E-state index in [9.17, 15) is 21.6 Å². The normalized spacial score (nSPS) is 19.9. The average molecular weight is 496 g/mol. The van der Waals surface area contributed by atoms with Gasteiger partial charge in [-0.25, -0.2) is 16.8 Å². The SMILES string of the molecule is CC1CN(S(=O)(=O)c2cccc(NC(=O)c3ccc(NS(=O)(=O)C(C)C)cc3)c2)CC(C)O1. The van der Waals surface area contributed by atoms with Gasteiger partial charge in [-0.3, -0.25) is 9.52 Å². The first kappa shape index (κ1) is 25.2. The third-order valence-electron chi connectivity index (χ3n) is 5.14. The number of ether oxygens (including phenoxy) is 1. The van der Waals surface area contributed by atoms with Crippen LogP contribution in [0.5, 0.6) is 0 Å². The Morgan fingerprint density at radius 2 is 1.58 bits per heavy atom. The maximum atomic E-state index is 13.1. The Morgan fingerprint density at radius 1 is 0.970 bits per heavy atom. The molecule has 2 aromatic rings. The number of anilines is 2. The van der Waals surface area contributed by atoms with E-state index in [0.717, 1.165) is 0 Å². The van der Waals surface area contributed by atoms with Gasteiger partial charge in [0.05, 0.1) is 22.4 Å². The Labute approximate surface area is 195 Å². The first-order valence-corrected chi connectivity index (χ1v) is 13.6. The fourth-order valence-electron chi connectivity index (χ4n) is 3.39. The summed E-state index contributed by atoms with van der Waals surface area (Å²) in [4.78, 5) is 12.7. The van der Waals surface area contributed by atoms with Gasteiger partial charge in [0.15, 0.2) is 0 Å². The molecular weight excluding hydrogens is 466 g/mol. The van der Waals surface area contributed by atoms with E-state index in [4.69, 9.17) is 4.74 Å². The second-order valence-corrected chi connectivity index (χ2v) is 12.5. The quantitative estimate of drug-likeness (QED) is 0.609. The van der Waals surface area contributed by atoms with E-state index >= 15 is 0 Å². The zero-order valence-electron chi connectivity index (χ0n) is 19.0. The molecule has 1 aliphatic heterocycles. The van der Waals surface area contributed by atoms with Crippen LogP contribution in [0.4, 0.5) is 11.4 Å². The lowest BCUT2D eigenvalue weighted by Crippen LogP contribution is -2.48. The van der Waals surface area contributed by atoms with E-state index in [0.29, 0.717) is 16.9 Å². The molecule has 1 amide bonds. The second-order valence-electron chi connectivity index (χ2n) is 8.33. The average Bonchev–Trinajstić information content (AvgIpc) is 2.73. The van der Waals surface area contributed by atoms with E-state index < -0.39 is 31.2 Å². The number of nitrogens with one attached hydrogen (secondary N) is 2. The fraction of sp³-hybridized carbons (Fsp3) is 0.409. The summed E-state index contributed by atoms with van der Waals surface area (Å²) >= 11 is 0. The highest BCUT2D eigenvalue weighted by molar-refractivity contribution is 7.93. The van der Waals surface area contributed by atoms with E-state index in [2.05, 4.69) is 10.0 Å². The highest BCUT2D eigenvalue weighted by atomic mass is 32.2. The molecule has 2 N–H and O–H groups in total. The molecular formula is C22H29N3O6S2. The van der Waals surface area contributed by atoms with Crippen molar-refractivity contribution in [3.8, 4) is 0 Å². The van der Waals surface area contributed by atoms with Gasteiger partial charge < -0.3 is 10.1 Å². The summed E-state index contributed by atoms with van der Waals surface area (Å²) < 4.78 is 59.6. The van der Waals surface area contributed by atoms with Crippen LogP contribution in [0, 0.1) is 0 Å². The molecule has 1 fully saturated rings. The van der Waals surface area contributed by atoms with Gasteiger partial charge in [0.25, 0.3) is 5.91 Å². The highest BCUT2D eigenvalue weighted by Gasteiger charge is 2.32. The molecule has 0 aromatic heterocycles. The minimum absolute atomic E-state index is 0.0834. The van der Waals surface area contributed by atoms with Gasteiger partial charge >= 0.3 is 0 Å². The molecule has 2 atom stereocenters. The van der Waals surface area contributed by atoms with Crippen molar-refractivity contribution < 1.29 is 26.4 Å². The molecule has 0 bridgehead atoms. The monoisotopic (exact) mass is 495 g/mol. The molecule has 0 spiro atoms. The predicted octanol–water partition coefficient (Wildman–Crippen LogP) is 2.89. The highest BCUT2D eigenvalue weighted by Crippen LogP contribution is 2.24. The van der Waals surface area contributed by atoms with Gasteiger partial charge in [-0.15, -0.1) is 0 Å². The number of carbonyl (C=O) groups excluding carboxylic acids is 1. The molecule has 0 radical (unpaired) electrons. The Hall–Kier alpha value is -2.47. The largest absolute Gasteiger partial charge is 0.373 e. The number of morpholine rings is 1. The summed E-state index contributed by atoms with van der Waals surface area (Å²) in [7, 11) is -7.23. The number of nitrogens with zero attached hydrogens (tertiary/aromatic N) is 1. The van der Waals surface area contributed by atoms with Crippen LogP contribution in [-0.4, -0.2) is 57.6 Å². The molecule has 1 saturated heterocycles. The van der Waals surface area contributed by atoms with Crippen LogP contribution < -0.4 is 10.0 Å². The van der Waals surface area contributed by atoms with Crippen molar-refractivity contribution in [3.63, 3.8) is 0 Å². The van der Waals surface area contributed by atoms with E-state index in [1.807, 2.05) is 13.8 Å². The van der Waals surface area contributed by atoms with Crippen molar-refractivity contribution in [2.24, 2.45) is 0 Å². The van der Waals surface area contributed by atoms with Gasteiger partial charge in [0, 0.05) is 30.0 Å². The minimum Gasteiger partial charge on any atom is -0.373 e. The summed E-state index contributed by atoms with van der Waals surface area (Å²) in [5, 5.41) is 2.10. The van der Waals surface area contributed by atoms with Gasteiger partial charge in [0.2, 0.25) is 20.0 Å². The Morgan fingerprint density at radius 3 is 2.15 bits per heavy atom. The van der Waals surface area contributed by atoms with Crippen molar-refractivity contribution in [2.75, 3.05) is 23.1 Å². The second kappa shape index (κ2) is 9.80. The molecule has 2 unspecified atom stereocenters. The van der Waals surface area contributed by atoms with Gasteiger partial charge in [-0.05, 0) is 70.2 Å². The summed E-state index contributed by atoms with van der Waals surface area (Å²) in [6.45, 7) is 7.31. The minimum atomic E-state index is -3.74. The fourth-order valence-corrected chi connectivity index (χ4v) is 5.72. The van der Waals surface area contributed by atoms with Gasteiger partial charge in [-0.1, -0.05) is 6.07 Å².